The van der Waals surface area contributed by atoms with Crippen LogP contribution >= 0.6 is 24.0 Å². The Morgan fingerprint density at radius 2 is 2.12 bits per heavy atom. The topological polar surface area (TPSA) is 111 Å². The van der Waals surface area contributed by atoms with E-state index in [9.17, 15) is 8.42 Å². The number of nitrogen functional groups attached to an aromatic ring is 1. The molecule has 0 unspecified atom stereocenters. The van der Waals surface area contributed by atoms with Gasteiger partial charge in [0.2, 0.25) is 10.0 Å². The summed E-state index contributed by atoms with van der Waals surface area (Å²) < 4.78 is 25.9. The monoisotopic (exact) mass is 300 g/mol. The third-order valence-electron chi connectivity index (χ3n) is 1.81. The molecule has 0 bridgehead atoms. The Morgan fingerprint density at radius 1 is 1.47 bits per heavy atom. The van der Waals surface area contributed by atoms with Crippen molar-refractivity contribution < 1.29 is 8.42 Å². The third kappa shape index (κ3) is 4.64. The zero-order valence-electron chi connectivity index (χ0n) is 8.89. The lowest BCUT2D eigenvalue weighted by Crippen LogP contribution is -2.27. The highest BCUT2D eigenvalue weighted by atomic mass is 35.5. The average Bonchev–Trinajstić information content (AvgIpc) is 2.22. The number of anilines is 1. The van der Waals surface area contributed by atoms with Gasteiger partial charge in [0, 0.05) is 12.7 Å². The summed E-state index contributed by atoms with van der Waals surface area (Å²) in [5, 5.41) is 0.216. The minimum absolute atomic E-state index is 0. The van der Waals surface area contributed by atoms with Crippen LogP contribution < -0.4 is 16.2 Å². The van der Waals surface area contributed by atoms with Gasteiger partial charge in [-0.2, -0.15) is 0 Å². The zero-order chi connectivity index (χ0) is 12.2. The Balaban J connectivity index is 0.00000256. The minimum atomic E-state index is -3.66. The molecule has 1 aromatic rings. The van der Waals surface area contributed by atoms with E-state index in [2.05, 4.69) is 9.71 Å². The lowest BCUT2D eigenvalue weighted by molar-refractivity contribution is 0.579. The molecule has 1 aromatic heterocycles. The number of nitrogens with two attached hydrogens (primary N) is 2. The minimum Gasteiger partial charge on any atom is -0.383 e. The molecule has 0 spiro atoms. The number of aromatic nitrogens is 1. The zero-order valence-corrected chi connectivity index (χ0v) is 11.3. The van der Waals surface area contributed by atoms with Gasteiger partial charge in [-0.3, -0.25) is 0 Å². The second kappa shape index (κ2) is 6.97. The van der Waals surface area contributed by atoms with Crippen molar-refractivity contribution in [3.8, 4) is 0 Å². The highest BCUT2D eigenvalue weighted by Gasteiger charge is 2.18. The van der Waals surface area contributed by atoms with E-state index in [1.54, 1.807) is 0 Å². The maximum Gasteiger partial charge on any atom is 0.244 e. The van der Waals surface area contributed by atoms with Gasteiger partial charge in [-0.15, -0.1) is 12.4 Å². The molecule has 0 aliphatic heterocycles. The second-order valence-electron chi connectivity index (χ2n) is 3.08. The molecular formula is C8H14Cl2N4O2S. The fourth-order valence-corrected chi connectivity index (χ4v) is 2.43. The fourth-order valence-electron chi connectivity index (χ4n) is 1.03. The first-order valence-corrected chi connectivity index (χ1v) is 6.44. The van der Waals surface area contributed by atoms with Crippen LogP contribution in [0.15, 0.2) is 17.2 Å². The van der Waals surface area contributed by atoms with Gasteiger partial charge in [0.15, 0.2) is 0 Å². The summed E-state index contributed by atoms with van der Waals surface area (Å²) in [6, 6.07) is 1.26. The number of hydrogen-bond donors (Lipinski definition) is 3. The Hall–Kier alpha value is -0.600. The largest absolute Gasteiger partial charge is 0.383 e. The van der Waals surface area contributed by atoms with E-state index < -0.39 is 10.0 Å². The van der Waals surface area contributed by atoms with Crippen LogP contribution in [0.25, 0.3) is 0 Å². The maximum absolute atomic E-state index is 11.7. The van der Waals surface area contributed by atoms with E-state index in [1.807, 2.05) is 0 Å². The first kappa shape index (κ1) is 16.4. The molecule has 0 amide bonds. The molecule has 9 heteroatoms. The van der Waals surface area contributed by atoms with Crippen molar-refractivity contribution in [3.05, 3.63) is 17.3 Å². The quantitative estimate of drug-likeness (QED) is 0.680. The lowest BCUT2D eigenvalue weighted by atomic mass is 10.4. The normalized spacial score (nSPS) is 10.9. The predicted molar refractivity (Wildman–Crippen MR) is 69.8 cm³/mol. The summed E-state index contributed by atoms with van der Waals surface area (Å²) in [5.41, 5.74) is 10.7. The molecule has 1 heterocycles. The van der Waals surface area contributed by atoms with E-state index in [-0.39, 0.29) is 34.7 Å². The van der Waals surface area contributed by atoms with E-state index in [0.29, 0.717) is 13.0 Å². The smallest absolute Gasteiger partial charge is 0.244 e. The molecular weight excluding hydrogens is 287 g/mol. The van der Waals surface area contributed by atoms with Gasteiger partial charge in [-0.05, 0) is 19.0 Å². The summed E-state index contributed by atoms with van der Waals surface area (Å²) in [6.45, 7) is 0.663. The van der Waals surface area contributed by atoms with Gasteiger partial charge in [-0.1, -0.05) is 11.6 Å². The van der Waals surface area contributed by atoms with Crippen molar-refractivity contribution in [2.45, 2.75) is 11.3 Å². The van der Waals surface area contributed by atoms with Crippen LogP contribution in [-0.4, -0.2) is 26.5 Å². The number of nitrogens with zero attached hydrogens (tertiary/aromatic N) is 1. The summed E-state index contributed by atoms with van der Waals surface area (Å²) in [5.74, 6) is -0.0790. The molecule has 0 radical (unpaired) electrons. The van der Waals surface area contributed by atoms with Gasteiger partial charge in [0.1, 0.15) is 10.7 Å². The first-order valence-electron chi connectivity index (χ1n) is 4.58. The Labute approximate surface area is 111 Å². The molecule has 17 heavy (non-hydrogen) atoms. The van der Waals surface area contributed by atoms with Crippen molar-refractivity contribution in [1.29, 1.82) is 0 Å². The van der Waals surface area contributed by atoms with Gasteiger partial charge >= 0.3 is 0 Å². The van der Waals surface area contributed by atoms with Crippen molar-refractivity contribution >= 4 is 39.8 Å². The van der Waals surface area contributed by atoms with Crippen molar-refractivity contribution in [2.75, 3.05) is 18.8 Å². The van der Waals surface area contributed by atoms with Crippen molar-refractivity contribution in [1.82, 2.24) is 9.71 Å². The van der Waals surface area contributed by atoms with Gasteiger partial charge in [0.05, 0.1) is 5.02 Å². The summed E-state index contributed by atoms with van der Waals surface area (Å²) in [4.78, 5) is 3.56. The molecule has 0 fully saturated rings. The van der Waals surface area contributed by atoms with Crippen LogP contribution in [-0.2, 0) is 10.0 Å². The number of pyridine rings is 1. The van der Waals surface area contributed by atoms with Crippen LogP contribution in [0.3, 0.4) is 0 Å². The SMILES string of the molecule is Cl.NCCCNS(=O)(=O)c1cc(Cl)cnc1N. The lowest BCUT2D eigenvalue weighted by Gasteiger charge is -2.08. The number of rotatable bonds is 5. The van der Waals surface area contributed by atoms with Crippen LogP contribution in [0.2, 0.25) is 5.02 Å². The van der Waals surface area contributed by atoms with Gasteiger partial charge in [0.25, 0.3) is 0 Å². The highest BCUT2D eigenvalue weighted by Crippen LogP contribution is 2.19. The Kier molecular flexibility index (Phi) is 6.73. The van der Waals surface area contributed by atoms with Crippen LogP contribution in [0, 0.1) is 0 Å². The molecule has 5 N–H and O–H groups in total. The maximum atomic E-state index is 11.7. The molecule has 0 atom stereocenters. The molecule has 0 aromatic carbocycles. The number of hydrogen-bond acceptors (Lipinski definition) is 5. The summed E-state index contributed by atoms with van der Waals surface area (Å²) in [6.07, 6.45) is 1.84. The number of nitrogens with one attached hydrogen (secondary N) is 1. The van der Waals surface area contributed by atoms with E-state index in [0.717, 1.165) is 0 Å². The molecule has 6 nitrogen and oxygen atoms in total. The number of sulfonamides is 1. The van der Waals surface area contributed by atoms with Gasteiger partial charge < -0.3 is 11.5 Å². The first-order chi connectivity index (χ1) is 7.47. The molecule has 0 saturated carbocycles. The van der Waals surface area contributed by atoms with Crippen LogP contribution in [0.1, 0.15) is 6.42 Å². The van der Waals surface area contributed by atoms with Crippen molar-refractivity contribution in [2.24, 2.45) is 5.73 Å². The second-order valence-corrected chi connectivity index (χ2v) is 5.25. The fraction of sp³-hybridized carbons (Fsp3) is 0.375. The van der Waals surface area contributed by atoms with Crippen LogP contribution in [0.4, 0.5) is 5.82 Å². The third-order valence-corrected chi connectivity index (χ3v) is 3.51. The highest BCUT2D eigenvalue weighted by molar-refractivity contribution is 7.89. The summed E-state index contributed by atoms with van der Waals surface area (Å²) >= 11 is 5.65. The average molecular weight is 301 g/mol. The molecule has 98 valence electrons. The van der Waals surface area contributed by atoms with Gasteiger partial charge in [-0.25, -0.2) is 18.1 Å². The Morgan fingerprint density at radius 3 is 2.71 bits per heavy atom. The Bertz CT molecular complexity index is 467. The standard InChI is InChI=1S/C8H13ClN4O2S.ClH/c9-6-4-7(8(11)12-5-6)16(14,15)13-3-1-2-10;/h4-5,13H,1-3,10H2,(H2,11,12);1H. The van der Waals surface area contributed by atoms with Crippen molar-refractivity contribution in [3.63, 3.8) is 0 Å². The van der Waals surface area contributed by atoms with E-state index in [4.69, 9.17) is 23.1 Å². The molecule has 0 aliphatic carbocycles. The number of halogens is 2. The predicted octanol–water partition coefficient (Wildman–Crippen LogP) is 0.366. The molecule has 0 aliphatic rings. The van der Waals surface area contributed by atoms with Crippen LogP contribution in [0.5, 0.6) is 0 Å². The molecule has 1 rings (SSSR count). The molecule has 0 saturated heterocycles. The van der Waals surface area contributed by atoms with E-state index in [1.165, 1.54) is 12.3 Å². The van der Waals surface area contributed by atoms with E-state index >= 15 is 0 Å². The summed E-state index contributed by atoms with van der Waals surface area (Å²) in [7, 11) is -3.66.